The van der Waals surface area contributed by atoms with Gasteiger partial charge in [0.25, 0.3) is 0 Å². The van der Waals surface area contributed by atoms with Gasteiger partial charge in [0.1, 0.15) is 5.60 Å². The van der Waals surface area contributed by atoms with Crippen LogP contribution in [0.1, 0.15) is 36.0 Å². The number of aryl methyl sites for hydroxylation is 1. The molecule has 39 heavy (non-hydrogen) atoms. The standard InChI is InChI=1S/C31H26F3N3O2/c1-18-2-6-21(7-3-18)37-17-29(39-28(37)38)10-12-36(13-11-29)26-15-20(31(32,33)34)5-8-22(26)19-4-9-25-23(14-19)27-24-16-30(24,27)35-25/h2-9,14-15,35H,10-13,16-17H2,1H3/t30-/m0/s1. The Morgan fingerprint density at radius 2 is 1.72 bits per heavy atom. The molecule has 1 atom stereocenters. The molecule has 1 saturated carbocycles. The Kier molecular flexibility index (Phi) is 4.35. The second-order valence-electron chi connectivity index (χ2n) is 11.5. The molecule has 0 bridgehead atoms. The fourth-order valence-corrected chi connectivity index (χ4v) is 6.68. The molecular weight excluding hydrogens is 503 g/mol. The summed E-state index contributed by atoms with van der Waals surface area (Å²) >= 11 is 0. The SMILES string of the molecule is Cc1ccc(N2CC3(CCN(c4cc(C(F)(F)F)ccc4-c4ccc5c(c4)C4=C6C[C@]64N5)CC3)OC2=O)cc1. The molecule has 3 aromatic rings. The van der Waals surface area contributed by atoms with E-state index in [0.29, 0.717) is 38.2 Å². The Bertz CT molecular complexity index is 1600. The molecule has 1 amide bonds. The van der Waals surface area contributed by atoms with Crippen LogP contribution in [0.2, 0.25) is 0 Å². The molecular formula is C31H26F3N3O2. The van der Waals surface area contributed by atoms with Crippen molar-refractivity contribution in [3.63, 3.8) is 0 Å². The first-order chi connectivity index (χ1) is 18.7. The Balaban J connectivity index is 1.09. The van der Waals surface area contributed by atoms with Crippen molar-refractivity contribution in [3.8, 4) is 11.1 Å². The number of hydrogen-bond acceptors (Lipinski definition) is 4. The maximum atomic E-state index is 13.8. The topological polar surface area (TPSA) is 44.8 Å². The smallest absolute Gasteiger partial charge is 0.416 e. The predicted octanol–water partition coefficient (Wildman–Crippen LogP) is 7.01. The number of anilines is 3. The molecule has 2 spiro atoms. The third kappa shape index (κ3) is 3.36. The number of benzene rings is 3. The Labute approximate surface area is 223 Å². The lowest BCUT2D eigenvalue weighted by atomic mass is 9.89. The van der Waals surface area contributed by atoms with Crippen molar-refractivity contribution in [1.82, 2.24) is 0 Å². The van der Waals surface area contributed by atoms with E-state index in [2.05, 4.69) is 11.4 Å². The number of carbonyl (C=O) groups excluding carboxylic acids is 1. The van der Waals surface area contributed by atoms with Gasteiger partial charge in [-0.05, 0) is 60.0 Å². The number of alkyl halides is 3. The van der Waals surface area contributed by atoms with E-state index in [1.54, 1.807) is 11.0 Å². The van der Waals surface area contributed by atoms with Gasteiger partial charge in [0, 0.05) is 60.5 Å². The molecule has 3 heterocycles. The molecule has 1 N–H and O–H groups in total. The number of fused-ring (bicyclic) bond motifs is 2. The number of nitrogens with one attached hydrogen (secondary N) is 1. The van der Waals surface area contributed by atoms with Crippen molar-refractivity contribution in [3.05, 3.63) is 82.9 Å². The highest BCUT2D eigenvalue weighted by atomic mass is 19.4. The lowest BCUT2D eigenvalue weighted by Gasteiger charge is -2.39. The van der Waals surface area contributed by atoms with Crippen LogP contribution < -0.4 is 15.1 Å². The van der Waals surface area contributed by atoms with Crippen LogP contribution >= 0.6 is 0 Å². The summed E-state index contributed by atoms with van der Waals surface area (Å²) in [6.07, 6.45) is -2.62. The monoisotopic (exact) mass is 529 g/mol. The van der Waals surface area contributed by atoms with E-state index in [1.165, 1.54) is 28.8 Å². The first kappa shape index (κ1) is 23.0. The van der Waals surface area contributed by atoms with Crippen LogP contribution in [0.5, 0.6) is 0 Å². The van der Waals surface area contributed by atoms with Crippen molar-refractivity contribution < 1.29 is 22.7 Å². The average Bonchev–Trinajstić information content (AvgIpc) is 3.70. The van der Waals surface area contributed by atoms with E-state index in [9.17, 15) is 18.0 Å². The molecule has 3 fully saturated rings. The first-order valence-corrected chi connectivity index (χ1v) is 13.4. The highest BCUT2D eigenvalue weighted by Gasteiger charge is 2.71. The minimum absolute atomic E-state index is 0.107. The normalized spacial score (nSPS) is 23.8. The van der Waals surface area contributed by atoms with Crippen LogP contribution in [0.3, 0.4) is 0 Å². The highest BCUT2D eigenvalue weighted by molar-refractivity contribution is 6.14. The number of ether oxygens (including phenoxy) is 1. The Morgan fingerprint density at radius 1 is 0.949 bits per heavy atom. The summed E-state index contributed by atoms with van der Waals surface area (Å²) in [5, 5.41) is 3.58. The van der Waals surface area contributed by atoms with E-state index in [1.807, 2.05) is 48.2 Å². The molecule has 0 radical (unpaired) electrons. The van der Waals surface area contributed by atoms with E-state index >= 15 is 0 Å². The minimum atomic E-state index is -4.43. The van der Waals surface area contributed by atoms with Crippen molar-refractivity contribution in [2.75, 3.05) is 34.8 Å². The van der Waals surface area contributed by atoms with Crippen LogP contribution in [0.25, 0.3) is 16.7 Å². The summed E-state index contributed by atoms with van der Waals surface area (Å²) in [4.78, 5) is 16.5. The Morgan fingerprint density at radius 3 is 2.44 bits per heavy atom. The lowest BCUT2D eigenvalue weighted by molar-refractivity contribution is -0.137. The summed E-state index contributed by atoms with van der Waals surface area (Å²) in [5.41, 5.74) is 8.08. The summed E-state index contributed by atoms with van der Waals surface area (Å²) in [6.45, 7) is 3.42. The fraction of sp³-hybridized carbons (Fsp3) is 0.323. The molecule has 2 aliphatic carbocycles. The molecule has 198 valence electrons. The number of hydrogen-bond donors (Lipinski definition) is 1. The van der Waals surface area contributed by atoms with Crippen molar-refractivity contribution >= 4 is 28.7 Å². The van der Waals surface area contributed by atoms with Gasteiger partial charge in [0.15, 0.2) is 0 Å². The van der Waals surface area contributed by atoms with Crippen molar-refractivity contribution in [2.24, 2.45) is 0 Å². The maximum Gasteiger partial charge on any atom is 0.416 e. The zero-order chi connectivity index (χ0) is 26.7. The van der Waals surface area contributed by atoms with E-state index in [0.717, 1.165) is 34.5 Å². The van der Waals surface area contributed by atoms with E-state index < -0.39 is 17.3 Å². The van der Waals surface area contributed by atoms with Crippen LogP contribution in [0.15, 0.2) is 66.2 Å². The quantitative estimate of drug-likeness (QED) is 0.396. The van der Waals surface area contributed by atoms with Crippen LogP contribution in [-0.2, 0) is 10.9 Å². The highest BCUT2D eigenvalue weighted by Crippen LogP contribution is 2.76. The first-order valence-electron chi connectivity index (χ1n) is 13.4. The zero-order valence-electron chi connectivity index (χ0n) is 21.4. The van der Waals surface area contributed by atoms with Crippen molar-refractivity contribution in [1.29, 1.82) is 0 Å². The Hall–Kier alpha value is -3.94. The zero-order valence-corrected chi connectivity index (χ0v) is 21.4. The number of nitrogens with zero attached hydrogens (tertiary/aromatic N) is 2. The number of rotatable bonds is 3. The number of halogens is 3. The van der Waals surface area contributed by atoms with Crippen molar-refractivity contribution in [2.45, 2.75) is 43.5 Å². The van der Waals surface area contributed by atoms with Gasteiger partial charge in [-0.1, -0.05) is 29.8 Å². The molecule has 8 heteroatoms. The van der Waals surface area contributed by atoms with E-state index in [4.69, 9.17) is 4.74 Å². The van der Waals surface area contributed by atoms with Gasteiger partial charge in [-0.15, -0.1) is 0 Å². The number of piperidine rings is 1. The predicted molar refractivity (Wildman–Crippen MR) is 144 cm³/mol. The van der Waals surface area contributed by atoms with Gasteiger partial charge < -0.3 is 15.0 Å². The third-order valence-electron chi connectivity index (χ3n) is 9.10. The second kappa shape index (κ2) is 7.37. The van der Waals surface area contributed by atoms with Gasteiger partial charge in [-0.2, -0.15) is 13.2 Å². The molecule has 0 unspecified atom stereocenters. The summed E-state index contributed by atoms with van der Waals surface area (Å²) in [5.74, 6) is 0. The summed E-state index contributed by atoms with van der Waals surface area (Å²) in [7, 11) is 0. The summed E-state index contributed by atoms with van der Waals surface area (Å²) < 4.78 is 47.2. The molecule has 5 aliphatic rings. The molecule has 5 nitrogen and oxygen atoms in total. The molecule has 2 saturated heterocycles. The van der Waals surface area contributed by atoms with Crippen LogP contribution in [0, 0.1) is 6.92 Å². The second-order valence-corrected chi connectivity index (χ2v) is 11.5. The fourth-order valence-electron chi connectivity index (χ4n) is 6.68. The number of carbonyl (C=O) groups is 1. The van der Waals surface area contributed by atoms with Crippen LogP contribution in [-0.4, -0.2) is 36.9 Å². The van der Waals surface area contributed by atoms with Gasteiger partial charge in [0.2, 0.25) is 0 Å². The summed E-state index contributed by atoms with van der Waals surface area (Å²) in [6, 6.07) is 17.9. The van der Waals surface area contributed by atoms with Gasteiger partial charge >= 0.3 is 12.3 Å². The maximum absolute atomic E-state index is 13.8. The molecule has 8 rings (SSSR count). The molecule has 3 aromatic carbocycles. The van der Waals surface area contributed by atoms with Gasteiger partial charge in [-0.3, -0.25) is 4.90 Å². The van der Waals surface area contributed by atoms with Gasteiger partial charge in [0.05, 0.1) is 17.6 Å². The number of amides is 1. The molecule has 3 aliphatic heterocycles. The lowest BCUT2D eigenvalue weighted by Crippen LogP contribution is -2.47. The van der Waals surface area contributed by atoms with Gasteiger partial charge in [-0.25, -0.2) is 4.79 Å². The average molecular weight is 530 g/mol. The third-order valence-corrected chi connectivity index (χ3v) is 9.10. The van der Waals surface area contributed by atoms with E-state index in [-0.39, 0.29) is 11.6 Å². The molecule has 0 aromatic heterocycles. The largest absolute Gasteiger partial charge is 0.440 e. The van der Waals surface area contributed by atoms with Crippen LogP contribution in [0.4, 0.5) is 35.0 Å². The minimum Gasteiger partial charge on any atom is -0.440 e.